The number of alkyl halides is 3. The number of hydrogen-bond donors (Lipinski definition) is 3. The Morgan fingerprint density at radius 3 is 2.10 bits per heavy atom. The van der Waals surface area contributed by atoms with E-state index in [4.69, 9.17) is 15.0 Å². The van der Waals surface area contributed by atoms with Gasteiger partial charge in [-0.2, -0.15) is 13.2 Å². The van der Waals surface area contributed by atoms with Crippen LogP contribution >= 0.6 is 11.8 Å². The van der Waals surface area contributed by atoms with Crippen LogP contribution < -0.4 is 5.32 Å². The van der Waals surface area contributed by atoms with Crippen molar-refractivity contribution < 1.29 is 28.2 Å². The zero-order chi connectivity index (χ0) is 15.9. The van der Waals surface area contributed by atoms with Crippen molar-refractivity contribution in [3.63, 3.8) is 0 Å². The molecule has 21 heavy (non-hydrogen) atoms. The number of carboxylic acids is 1. The molecule has 1 aliphatic heterocycles. The number of phenols is 1. The van der Waals surface area contributed by atoms with Crippen LogP contribution in [0.4, 0.5) is 13.2 Å². The molecule has 0 bridgehead atoms. The Morgan fingerprint density at radius 2 is 1.67 bits per heavy atom. The normalized spacial score (nSPS) is 16.0. The molecule has 1 aromatic rings. The van der Waals surface area contributed by atoms with Crippen LogP contribution in [0.1, 0.15) is 12.8 Å². The van der Waals surface area contributed by atoms with E-state index in [-0.39, 0.29) is 0 Å². The average Bonchev–Trinajstić information content (AvgIpc) is 2.42. The molecule has 2 rings (SSSR count). The quantitative estimate of drug-likeness (QED) is 0.781. The minimum atomic E-state index is -5.08. The van der Waals surface area contributed by atoms with Gasteiger partial charge in [0, 0.05) is 10.1 Å². The Labute approximate surface area is 124 Å². The van der Waals surface area contributed by atoms with Gasteiger partial charge in [0.25, 0.3) is 0 Å². The molecular formula is C13H16F3NO3S. The third-order valence-electron chi connectivity index (χ3n) is 2.67. The highest BCUT2D eigenvalue weighted by Gasteiger charge is 2.38. The smallest absolute Gasteiger partial charge is 0.490 e. The van der Waals surface area contributed by atoms with Gasteiger partial charge in [-0.05, 0) is 50.2 Å². The summed E-state index contributed by atoms with van der Waals surface area (Å²) in [6, 6.07) is 7.48. The van der Waals surface area contributed by atoms with Crippen LogP contribution in [-0.2, 0) is 4.79 Å². The average molecular weight is 323 g/mol. The second-order valence-corrected chi connectivity index (χ2v) is 5.74. The van der Waals surface area contributed by atoms with E-state index in [2.05, 4.69) is 5.32 Å². The van der Waals surface area contributed by atoms with E-state index < -0.39 is 12.1 Å². The number of piperidine rings is 1. The molecule has 0 unspecified atom stereocenters. The molecule has 118 valence electrons. The maximum atomic E-state index is 10.6. The molecule has 1 heterocycles. The monoisotopic (exact) mass is 323 g/mol. The second kappa shape index (κ2) is 8.14. The maximum Gasteiger partial charge on any atom is 0.490 e. The number of carbonyl (C=O) groups is 1. The summed E-state index contributed by atoms with van der Waals surface area (Å²) in [5, 5.41) is 20.4. The van der Waals surface area contributed by atoms with Gasteiger partial charge >= 0.3 is 12.1 Å². The van der Waals surface area contributed by atoms with Gasteiger partial charge in [-0.25, -0.2) is 4.79 Å². The number of phenolic OH excluding ortho intramolecular Hbond substituents is 1. The molecule has 4 nitrogen and oxygen atoms in total. The lowest BCUT2D eigenvalue weighted by atomic mass is 10.2. The molecule has 0 aliphatic carbocycles. The first-order valence-corrected chi connectivity index (χ1v) is 7.13. The van der Waals surface area contributed by atoms with Crippen molar-refractivity contribution in [2.75, 3.05) is 13.1 Å². The van der Waals surface area contributed by atoms with Gasteiger partial charge in [0.05, 0.1) is 0 Å². The van der Waals surface area contributed by atoms with Crippen molar-refractivity contribution in [1.82, 2.24) is 5.32 Å². The Balaban J connectivity index is 0.000000270. The fraction of sp³-hybridized carbons (Fsp3) is 0.462. The molecule has 1 fully saturated rings. The van der Waals surface area contributed by atoms with Crippen LogP contribution in [-0.4, -0.2) is 40.7 Å². The predicted octanol–water partition coefficient (Wildman–Crippen LogP) is 2.87. The van der Waals surface area contributed by atoms with Crippen LogP contribution in [0.5, 0.6) is 5.75 Å². The molecule has 0 atom stereocenters. The first kappa shape index (κ1) is 17.6. The van der Waals surface area contributed by atoms with E-state index in [9.17, 15) is 13.2 Å². The van der Waals surface area contributed by atoms with Gasteiger partial charge < -0.3 is 15.5 Å². The summed E-state index contributed by atoms with van der Waals surface area (Å²) in [4.78, 5) is 10.2. The van der Waals surface area contributed by atoms with E-state index >= 15 is 0 Å². The van der Waals surface area contributed by atoms with Crippen LogP contribution in [0.3, 0.4) is 0 Å². The van der Waals surface area contributed by atoms with Gasteiger partial charge in [0.1, 0.15) is 5.75 Å². The molecule has 1 aliphatic rings. The zero-order valence-electron chi connectivity index (χ0n) is 11.1. The topological polar surface area (TPSA) is 69.6 Å². The Bertz CT molecular complexity index is 445. The van der Waals surface area contributed by atoms with E-state index in [0.29, 0.717) is 5.75 Å². The Kier molecular flexibility index (Phi) is 6.83. The Hall–Kier alpha value is -1.41. The standard InChI is InChI=1S/C11H15NOS.C2HF3O2/c13-9-1-3-10(4-2-9)14-11-5-7-12-8-6-11;3-2(4,5)1(6)7/h1-4,11-13H,5-8H2;(H,6,7). The molecule has 8 heteroatoms. The van der Waals surface area contributed by atoms with Gasteiger partial charge in [-0.3, -0.25) is 0 Å². The number of rotatable bonds is 2. The molecule has 3 N–H and O–H groups in total. The van der Waals surface area contributed by atoms with Crippen LogP contribution in [0.25, 0.3) is 0 Å². The summed E-state index contributed by atoms with van der Waals surface area (Å²) in [5.74, 6) is -2.41. The van der Waals surface area contributed by atoms with Gasteiger partial charge in [0.2, 0.25) is 0 Å². The van der Waals surface area contributed by atoms with Crippen LogP contribution in [0, 0.1) is 0 Å². The third kappa shape index (κ3) is 7.24. The highest BCUT2D eigenvalue weighted by Crippen LogP contribution is 2.29. The lowest BCUT2D eigenvalue weighted by Gasteiger charge is -2.21. The minimum absolute atomic E-state index is 0.347. The van der Waals surface area contributed by atoms with Crippen molar-refractivity contribution in [2.24, 2.45) is 0 Å². The summed E-state index contributed by atoms with van der Waals surface area (Å²) in [6.07, 6.45) is -2.60. The number of halogens is 3. The summed E-state index contributed by atoms with van der Waals surface area (Å²) in [7, 11) is 0. The molecule has 0 aromatic heterocycles. The number of aromatic hydroxyl groups is 1. The lowest BCUT2D eigenvalue weighted by molar-refractivity contribution is -0.192. The second-order valence-electron chi connectivity index (χ2n) is 4.36. The van der Waals surface area contributed by atoms with Gasteiger partial charge in [-0.15, -0.1) is 11.8 Å². The highest BCUT2D eigenvalue weighted by atomic mass is 32.2. The lowest BCUT2D eigenvalue weighted by Crippen LogP contribution is -2.29. The molecule has 0 amide bonds. The van der Waals surface area contributed by atoms with Crippen LogP contribution in [0.15, 0.2) is 29.2 Å². The highest BCUT2D eigenvalue weighted by molar-refractivity contribution is 8.00. The summed E-state index contributed by atoms with van der Waals surface area (Å²) >= 11 is 1.92. The minimum Gasteiger partial charge on any atom is -0.508 e. The van der Waals surface area contributed by atoms with Gasteiger partial charge in [-0.1, -0.05) is 0 Å². The van der Waals surface area contributed by atoms with Crippen molar-refractivity contribution in [3.8, 4) is 5.75 Å². The Morgan fingerprint density at radius 1 is 1.19 bits per heavy atom. The zero-order valence-corrected chi connectivity index (χ0v) is 11.9. The SMILES string of the molecule is O=C(O)C(F)(F)F.Oc1ccc(SC2CCNCC2)cc1. The molecule has 0 radical (unpaired) electrons. The summed E-state index contributed by atoms with van der Waals surface area (Å²) < 4.78 is 31.7. The van der Waals surface area contributed by atoms with E-state index in [1.807, 2.05) is 23.9 Å². The number of benzene rings is 1. The summed E-state index contributed by atoms with van der Waals surface area (Å²) in [6.45, 7) is 2.27. The molecule has 1 saturated heterocycles. The fourth-order valence-corrected chi connectivity index (χ4v) is 2.78. The maximum absolute atomic E-state index is 10.6. The predicted molar refractivity (Wildman–Crippen MR) is 73.5 cm³/mol. The first-order chi connectivity index (χ1) is 9.79. The van der Waals surface area contributed by atoms with Crippen LogP contribution in [0.2, 0.25) is 0 Å². The number of thioether (sulfide) groups is 1. The third-order valence-corrected chi connectivity index (χ3v) is 4.02. The number of nitrogens with one attached hydrogen (secondary N) is 1. The molecular weight excluding hydrogens is 307 g/mol. The van der Waals surface area contributed by atoms with E-state index in [1.165, 1.54) is 17.7 Å². The summed E-state index contributed by atoms with van der Waals surface area (Å²) in [5.41, 5.74) is 0. The van der Waals surface area contributed by atoms with E-state index in [1.54, 1.807) is 12.1 Å². The van der Waals surface area contributed by atoms with E-state index in [0.717, 1.165) is 18.3 Å². The van der Waals surface area contributed by atoms with Crippen molar-refractivity contribution in [1.29, 1.82) is 0 Å². The largest absolute Gasteiger partial charge is 0.508 e. The molecule has 0 saturated carbocycles. The number of aliphatic carboxylic acids is 1. The molecule has 0 spiro atoms. The van der Waals surface area contributed by atoms with Gasteiger partial charge in [0.15, 0.2) is 0 Å². The number of hydrogen-bond acceptors (Lipinski definition) is 4. The van der Waals surface area contributed by atoms with Crippen molar-refractivity contribution >= 4 is 17.7 Å². The molecule has 1 aromatic carbocycles. The number of carboxylic acid groups (broad SMARTS) is 1. The van der Waals surface area contributed by atoms with Crippen molar-refractivity contribution in [3.05, 3.63) is 24.3 Å². The van der Waals surface area contributed by atoms with Crippen molar-refractivity contribution in [2.45, 2.75) is 29.2 Å². The first-order valence-electron chi connectivity index (χ1n) is 6.25. The fourth-order valence-electron chi connectivity index (χ4n) is 1.63.